The van der Waals surface area contributed by atoms with E-state index in [0.717, 1.165) is 0 Å². The lowest BCUT2D eigenvalue weighted by atomic mass is 10.2. The molecule has 0 spiro atoms. The maximum absolute atomic E-state index is 13.2. The summed E-state index contributed by atoms with van der Waals surface area (Å²) < 4.78 is 12.1. The van der Waals surface area contributed by atoms with Crippen LogP contribution in [0, 0.1) is 0 Å². The molecule has 168 valence electrons. The Morgan fingerprint density at radius 1 is 1.15 bits per heavy atom. The van der Waals surface area contributed by atoms with Crippen LogP contribution in [0.2, 0.25) is 5.02 Å². The minimum absolute atomic E-state index is 0.224. The van der Waals surface area contributed by atoms with Gasteiger partial charge in [0.2, 0.25) is 0 Å². The Kier molecular flexibility index (Phi) is 6.75. The van der Waals surface area contributed by atoms with Gasteiger partial charge in [-0.25, -0.2) is 0 Å². The summed E-state index contributed by atoms with van der Waals surface area (Å²) >= 11 is 6.07. The van der Waals surface area contributed by atoms with E-state index in [2.05, 4.69) is 15.7 Å². The first kappa shape index (κ1) is 22.2. The van der Waals surface area contributed by atoms with E-state index in [1.807, 2.05) is 6.92 Å². The number of ether oxygens (including phenoxy) is 1. The fourth-order valence-corrected chi connectivity index (χ4v) is 3.33. The van der Waals surface area contributed by atoms with Crippen LogP contribution in [0.4, 0.5) is 11.4 Å². The smallest absolute Gasteiger partial charge is 0.299 e. The van der Waals surface area contributed by atoms with Crippen molar-refractivity contribution in [2.75, 3.05) is 11.9 Å². The van der Waals surface area contributed by atoms with E-state index >= 15 is 0 Å². The molecule has 0 bridgehead atoms. The Balaban J connectivity index is 1.56. The first-order valence-electron chi connectivity index (χ1n) is 10.2. The van der Waals surface area contributed by atoms with Crippen molar-refractivity contribution in [1.29, 1.82) is 0 Å². The number of rotatable bonds is 8. The average Bonchev–Trinajstić information content (AvgIpc) is 3.34. The number of nitrogens with zero attached hydrogens (tertiary/aromatic N) is 2. The van der Waals surface area contributed by atoms with E-state index in [9.17, 15) is 9.59 Å². The van der Waals surface area contributed by atoms with Gasteiger partial charge < -0.3 is 19.8 Å². The van der Waals surface area contributed by atoms with Crippen molar-refractivity contribution < 1.29 is 13.9 Å². The number of furan rings is 1. The van der Waals surface area contributed by atoms with Crippen LogP contribution in [0.25, 0.3) is 5.69 Å². The summed E-state index contributed by atoms with van der Waals surface area (Å²) in [5, 5.41) is 10.6. The molecule has 0 atom stereocenters. The highest BCUT2D eigenvalue weighted by Crippen LogP contribution is 2.24. The molecule has 0 saturated carbocycles. The van der Waals surface area contributed by atoms with Gasteiger partial charge >= 0.3 is 0 Å². The molecule has 1 amide bonds. The van der Waals surface area contributed by atoms with E-state index in [0.29, 0.717) is 46.6 Å². The second kappa shape index (κ2) is 10.1. The standard InChI is InChI=1S/C24H21ClN4O4/c1-2-32-21-15-27-29(19-6-3-5-17(25)13-19)24(31)22(21)28-18-10-8-16(9-11-18)23(30)26-14-20-7-4-12-33-20/h3-13,15,28H,2,14H2,1H3,(H,26,30). The van der Waals surface area contributed by atoms with Gasteiger partial charge in [-0.2, -0.15) is 9.78 Å². The molecule has 0 saturated heterocycles. The van der Waals surface area contributed by atoms with Crippen LogP contribution in [0.1, 0.15) is 23.0 Å². The molecule has 0 aliphatic rings. The van der Waals surface area contributed by atoms with Crippen LogP contribution >= 0.6 is 11.6 Å². The van der Waals surface area contributed by atoms with E-state index in [1.54, 1.807) is 66.9 Å². The minimum atomic E-state index is -0.400. The van der Waals surface area contributed by atoms with Crippen molar-refractivity contribution in [3.63, 3.8) is 0 Å². The van der Waals surface area contributed by atoms with Gasteiger partial charge in [0.1, 0.15) is 5.76 Å². The molecule has 4 aromatic rings. The second-order valence-electron chi connectivity index (χ2n) is 6.98. The van der Waals surface area contributed by atoms with Gasteiger partial charge in [-0.1, -0.05) is 17.7 Å². The topological polar surface area (TPSA) is 98.4 Å². The van der Waals surface area contributed by atoms with Crippen molar-refractivity contribution >= 4 is 28.9 Å². The van der Waals surface area contributed by atoms with Crippen LogP contribution in [-0.2, 0) is 6.54 Å². The molecule has 0 fully saturated rings. The summed E-state index contributed by atoms with van der Waals surface area (Å²) in [6, 6.07) is 17.1. The summed E-state index contributed by atoms with van der Waals surface area (Å²) in [7, 11) is 0. The number of hydrogen-bond acceptors (Lipinski definition) is 6. The van der Waals surface area contributed by atoms with Crippen LogP contribution in [-0.4, -0.2) is 22.3 Å². The van der Waals surface area contributed by atoms with Crippen molar-refractivity contribution in [2.45, 2.75) is 13.5 Å². The number of benzene rings is 2. The number of amides is 1. The van der Waals surface area contributed by atoms with Crippen LogP contribution in [0.3, 0.4) is 0 Å². The predicted molar refractivity (Wildman–Crippen MR) is 126 cm³/mol. The summed E-state index contributed by atoms with van der Waals surface area (Å²) in [5.41, 5.74) is 1.44. The Morgan fingerprint density at radius 3 is 2.67 bits per heavy atom. The van der Waals surface area contributed by atoms with Gasteiger partial charge in [0.05, 0.1) is 31.3 Å². The Hall–Kier alpha value is -4.04. The second-order valence-corrected chi connectivity index (χ2v) is 7.41. The molecule has 0 radical (unpaired) electrons. The Labute approximate surface area is 194 Å². The summed E-state index contributed by atoms with van der Waals surface area (Å²) in [6.07, 6.45) is 3.03. The average molecular weight is 465 g/mol. The maximum atomic E-state index is 13.2. The zero-order chi connectivity index (χ0) is 23.2. The Morgan fingerprint density at radius 2 is 1.97 bits per heavy atom. The van der Waals surface area contributed by atoms with Gasteiger partial charge in [0.15, 0.2) is 11.4 Å². The van der Waals surface area contributed by atoms with Crippen LogP contribution in [0.15, 0.2) is 82.3 Å². The fourth-order valence-electron chi connectivity index (χ4n) is 3.14. The molecule has 2 N–H and O–H groups in total. The van der Waals surface area contributed by atoms with Gasteiger partial charge in [-0.15, -0.1) is 0 Å². The lowest BCUT2D eigenvalue weighted by Gasteiger charge is -2.14. The number of nitrogens with one attached hydrogen (secondary N) is 2. The van der Waals surface area contributed by atoms with Gasteiger partial charge in [0.25, 0.3) is 11.5 Å². The molecule has 0 aliphatic heterocycles. The highest BCUT2D eigenvalue weighted by atomic mass is 35.5. The van der Waals surface area contributed by atoms with Crippen molar-refractivity contribution in [3.8, 4) is 11.4 Å². The van der Waals surface area contributed by atoms with E-state index in [4.69, 9.17) is 20.8 Å². The lowest BCUT2D eigenvalue weighted by molar-refractivity contribution is 0.0948. The highest BCUT2D eigenvalue weighted by Gasteiger charge is 2.15. The van der Waals surface area contributed by atoms with Gasteiger partial charge in [-0.05, 0) is 61.5 Å². The molecule has 33 heavy (non-hydrogen) atoms. The molecular weight excluding hydrogens is 444 g/mol. The minimum Gasteiger partial charge on any atom is -0.490 e. The number of hydrogen-bond donors (Lipinski definition) is 2. The predicted octanol–water partition coefficient (Wildman–Crippen LogP) is 4.55. The van der Waals surface area contributed by atoms with E-state index in [-0.39, 0.29) is 11.6 Å². The van der Waals surface area contributed by atoms with Crippen molar-refractivity contribution in [2.24, 2.45) is 0 Å². The molecule has 0 aliphatic carbocycles. The summed E-state index contributed by atoms with van der Waals surface area (Å²) in [5.74, 6) is 0.750. The summed E-state index contributed by atoms with van der Waals surface area (Å²) in [6.45, 7) is 2.48. The van der Waals surface area contributed by atoms with E-state index in [1.165, 1.54) is 10.9 Å². The maximum Gasteiger partial charge on any atom is 0.299 e. The SMILES string of the molecule is CCOc1cnn(-c2cccc(Cl)c2)c(=O)c1Nc1ccc(C(=O)NCc2ccco2)cc1. The van der Waals surface area contributed by atoms with Crippen LogP contribution in [0.5, 0.6) is 5.75 Å². The number of anilines is 2. The molecule has 8 nitrogen and oxygen atoms in total. The molecule has 2 heterocycles. The van der Waals surface area contributed by atoms with Crippen molar-refractivity contribution in [1.82, 2.24) is 15.1 Å². The molecule has 2 aromatic heterocycles. The first-order valence-corrected chi connectivity index (χ1v) is 10.6. The van der Waals surface area contributed by atoms with Crippen molar-refractivity contribution in [3.05, 3.63) is 99.8 Å². The van der Waals surface area contributed by atoms with Crippen LogP contribution < -0.4 is 20.9 Å². The summed E-state index contributed by atoms with van der Waals surface area (Å²) in [4.78, 5) is 25.6. The monoisotopic (exact) mass is 464 g/mol. The molecule has 2 aromatic carbocycles. The quantitative estimate of drug-likeness (QED) is 0.397. The number of carbonyl (C=O) groups excluding carboxylic acids is 1. The molecule has 4 rings (SSSR count). The third-order valence-electron chi connectivity index (χ3n) is 4.72. The molecule has 0 unspecified atom stereocenters. The normalized spacial score (nSPS) is 10.6. The largest absolute Gasteiger partial charge is 0.490 e. The zero-order valence-electron chi connectivity index (χ0n) is 17.7. The molecule has 9 heteroatoms. The first-order chi connectivity index (χ1) is 16.0. The lowest BCUT2D eigenvalue weighted by Crippen LogP contribution is -2.24. The van der Waals surface area contributed by atoms with Gasteiger partial charge in [-0.3, -0.25) is 9.59 Å². The third kappa shape index (κ3) is 5.24. The number of halogens is 1. The van der Waals surface area contributed by atoms with E-state index < -0.39 is 5.56 Å². The molecular formula is C24H21ClN4O4. The Bertz CT molecular complexity index is 1300. The fraction of sp³-hybridized carbons (Fsp3) is 0.125. The van der Waals surface area contributed by atoms with Gasteiger partial charge in [0, 0.05) is 16.3 Å². The highest BCUT2D eigenvalue weighted by molar-refractivity contribution is 6.30. The zero-order valence-corrected chi connectivity index (χ0v) is 18.5. The number of carbonyl (C=O) groups is 1. The third-order valence-corrected chi connectivity index (χ3v) is 4.95. The number of aromatic nitrogens is 2.